The Morgan fingerprint density at radius 2 is 2.15 bits per heavy atom. The lowest BCUT2D eigenvalue weighted by Gasteiger charge is -2.49. The number of anilines is 1. The third-order valence-corrected chi connectivity index (χ3v) is 8.20. The molecule has 2 aliphatic heterocycles. The molecule has 0 aliphatic carbocycles. The van der Waals surface area contributed by atoms with Crippen LogP contribution in [0, 0.1) is 0 Å². The highest BCUT2D eigenvalue weighted by atomic mass is 32.2. The van der Waals surface area contributed by atoms with Crippen molar-refractivity contribution in [3.05, 3.63) is 58.8 Å². The van der Waals surface area contributed by atoms with Gasteiger partial charge >= 0.3 is 5.97 Å². The molecule has 15 heteroatoms. The molecule has 0 radical (unpaired) electrons. The van der Waals surface area contributed by atoms with Crippen molar-refractivity contribution in [2.24, 2.45) is 5.16 Å². The van der Waals surface area contributed by atoms with Gasteiger partial charge in [0.05, 0.1) is 11.9 Å². The summed E-state index contributed by atoms with van der Waals surface area (Å²) in [5.74, 6) is -2.18. The summed E-state index contributed by atoms with van der Waals surface area (Å²) in [6.45, 7) is 3.64. The second kappa shape index (κ2) is 10.5. The van der Waals surface area contributed by atoms with Gasteiger partial charge in [-0.15, -0.1) is 23.1 Å². The monoisotopic (exact) mass is 570 g/mol. The smallest absolute Gasteiger partial charge is 0.352 e. The van der Waals surface area contributed by atoms with Crippen LogP contribution in [0.1, 0.15) is 30.0 Å². The van der Waals surface area contributed by atoms with Crippen LogP contribution >= 0.6 is 23.1 Å². The Labute approximate surface area is 229 Å². The number of nitrogens with one attached hydrogen (secondary N) is 1. The Kier molecular flexibility index (Phi) is 7.10. The number of hydrogen-bond donors (Lipinski definition) is 3. The summed E-state index contributed by atoms with van der Waals surface area (Å²) in [5, 5.41) is 17.7. The molecule has 39 heavy (non-hydrogen) atoms. The Hall–Kier alpha value is -4.24. The molecule has 3 aromatic heterocycles. The molecular formula is C24H24N7O6S2+. The first-order valence-corrected chi connectivity index (χ1v) is 13.8. The van der Waals surface area contributed by atoms with Crippen LogP contribution in [0.3, 0.4) is 0 Å². The zero-order valence-electron chi connectivity index (χ0n) is 20.9. The normalized spacial score (nSPS) is 19.1. The van der Waals surface area contributed by atoms with Gasteiger partial charge in [-0.25, -0.2) is 9.78 Å². The van der Waals surface area contributed by atoms with Crippen LogP contribution in [0.2, 0.25) is 0 Å². The number of carbonyl (C=O) groups excluding carboxylic acids is 3. The van der Waals surface area contributed by atoms with Crippen LogP contribution in [0.4, 0.5) is 5.13 Å². The average molecular weight is 571 g/mol. The van der Waals surface area contributed by atoms with Crippen LogP contribution in [-0.4, -0.2) is 72.4 Å². The molecule has 0 spiro atoms. The maximum atomic E-state index is 13.1. The van der Waals surface area contributed by atoms with Crippen LogP contribution in [0.25, 0.3) is 5.52 Å². The van der Waals surface area contributed by atoms with Gasteiger partial charge in [-0.3, -0.25) is 19.3 Å². The lowest BCUT2D eigenvalue weighted by molar-refractivity contribution is -0.688. The number of thioether (sulfide) groups is 1. The van der Waals surface area contributed by atoms with E-state index in [-0.39, 0.29) is 41.2 Å². The number of amides is 2. The summed E-state index contributed by atoms with van der Waals surface area (Å²) in [7, 11) is 0. The van der Waals surface area contributed by atoms with Crippen LogP contribution in [0.5, 0.6) is 0 Å². The Morgan fingerprint density at radius 1 is 1.36 bits per heavy atom. The predicted molar refractivity (Wildman–Crippen MR) is 142 cm³/mol. The highest BCUT2D eigenvalue weighted by molar-refractivity contribution is 8.00. The molecule has 0 aromatic carbocycles. The van der Waals surface area contributed by atoms with Crippen LogP contribution in [0.15, 0.2) is 52.5 Å². The molecule has 13 nitrogen and oxygen atoms in total. The number of hydrogen-bond acceptors (Lipinski definition) is 10. The molecule has 2 atom stereocenters. The molecule has 2 amide bonds. The highest BCUT2D eigenvalue weighted by Crippen LogP contribution is 2.40. The number of β-lactam (4-membered cyclic amide) rings is 1. The highest BCUT2D eigenvalue weighted by Gasteiger charge is 2.54. The van der Waals surface area contributed by atoms with Gasteiger partial charge in [-0.05, 0) is 19.1 Å². The number of oxime groups is 1. The minimum absolute atomic E-state index is 0.0664. The Morgan fingerprint density at radius 3 is 2.82 bits per heavy atom. The fraction of sp³-hybridized carbons (Fsp3) is 0.292. The van der Waals surface area contributed by atoms with Crippen molar-refractivity contribution < 1.29 is 33.7 Å². The molecule has 5 heterocycles. The van der Waals surface area contributed by atoms with Gasteiger partial charge in [0, 0.05) is 23.6 Å². The van der Waals surface area contributed by atoms with E-state index in [9.17, 15) is 24.3 Å². The fourth-order valence-corrected chi connectivity index (χ4v) is 6.33. The maximum absolute atomic E-state index is 13.1. The maximum Gasteiger partial charge on any atom is 0.352 e. The van der Waals surface area contributed by atoms with Crippen molar-refractivity contribution in [1.29, 1.82) is 0 Å². The third kappa shape index (κ3) is 4.85. The number of nitrogen functional groups attached to an aromatic ring is 1. The van der Waals surface area contributed by atoms with Crippen molar-refractivity contribution in [2.75, 3.05) is 18.1 Å². The van der Waals surface area contributed by atoms with Gasteiger partial charge < -0.3 is 25.4 Å². The molecule has 0 bridgehead atoms. The number of fused-ring (bicyclic) bond motifs is 2. The van der Waals surface area contributed by atoms with Crippen molar-refractivity contribution in [3.63, 3.8) is 0 Å². The van der Waals surface area contributed by atoms with Gasteiger partial charge in [-0.1, -0.05) is 5.16 Å². The first kappa shape index (κ1) is 26.4. The quantitative estimate of drug-likeness (QED) is 0.110. The summed E-state index contributed by atoms with van der Waals surface area (Å²) in [5.41, 5.74) is 7.54. The number of carbonyl (C=O) groups is 4. The number of aliphatic carboxylic acids is 1. The predicted octanol–water partition coefficient (Wildman–Crippen LogP) is 0.648. The molecule has 202 valence electrons. The van der Waals surface area contributed by atoms with Gasteiger partial charge in [0.15, 0.2) is 35.6 Å². The molecule has 0 unspecified atom stereocenters. The fourth-order valence-electron chi connectivity index (χ4n) is 4.45. The van der Waals surface area contributed by atoms with E-state index in [0.717, 1.165) is 16.9 Å². The number of ketones is 1. The molecule has 4 N–H and O–H groups in total. The van der Waals surface area contributed by atoms with Crippen molar-refractivity contribution in [2.45, 2.75) is 31.8 Å². The molecule has 3 aromatic rings. The van der Waals surface area contributed by atoms with Gasteiger partial charge in [0.25, 0.3) is 11.8 Å². The summed E-state index contributed by atoms with van der Waals surface area (Å²) in [6.07, 6.45) is 5.29. The van der Waals surface area contributed by atoms with E-state index in [1.165, 1.54) is 23.6 Å². The molecular weight excluding hydrogens is 546 g/mol. The van der Waals surface area contributed by atoms with Crippen molar-refractivity contribution in [3.8, 4) is 0 Å². The Bertz CT molecular complexity index is 1580. The summed E-state index contributed by atoms with van der Waals surface area (Å²) in [4.78, 5) is 60.5. The van der Waals surface area contributed by atoms with Crippen molar-refractivity contribution in [1.82, 2.24) is 19.6 Å². The molecule has 1 fully saturated rings. The topological polar surface area (TPSA) is 173 Å². The molecule has 2 aliphatic rings. The first-order chi connectivity index (χ1) is 18.7. The van der Waals surface area contributed by atoms with Crippen LogP contribution in [-0.2, 0) is 25.8 Å². The molecule has 1 saturated heterocycles. The average Bonchev–Trinajstić information content (AvgIpc) is 3.53. The largest absolute Gasteiger partial charge is 0.477 e. The van der Waals surface area contributed by atoms with E-state index < -0.39 is 29.2 Å². The van der Waals surface area contributed by atoms with Gasteiger partial charge in [0.1, 0.15) is 34.9 Å². The van der Waals surface area contributed by atoms with Gasteiger partial charge in [0.2, 0.25) is 0 Å². The van der Waals surface area contributed by atoms with E-state index in [4.69, 9.17) is 10.6 Å². The van der Waals surface area contributed by atoms with E-state index in [0.29, 0.717) is 17.0 Å². The SMILES string of the molecule is CCO/N=C(\C(=O)N[C@@H]1C(=O)N2C(C(=O)O)=C(C[n+]3ccn4c(C(C)=O)ccc4c3)CS[C@H]12)c1csc(N)n1. The number of carboxylic acid groups (broad SMARTS) is 1. The zero-order valence-corrected chi connectivity index (χ0v) is 22.5. The van der Waals surface area contributed by atoms with Crippen molar-refractivity contribution >= 4 is 63.0 Å². The number of thiazole rings is 1. The lowest BCUT2D eigenvalue weighted by atomic mass is 10.0. The first-order valence-electron chi connectivity index (χ1n) is 11.8. The van der Waals surface area contributed by atoms with E-state index in [1.54, 1.807) is 52.0 Å². The number of rotatable bonds is 9. The minimum Gasteiger partial charge on any atom is -0.477 e. The second-order valence-corrected chi connectivity index (χ2v) is 10.7. The van der Waals surface area contributed by atoms with E-state index in [2.05, 4.69) is 15.5 Å². The molecule has 0 saturated carbocycles. The number of carboxylic acids is 1. The minimum atomic E-state index is -1.23. The second-order valence-electron chi connectivity index (χ2n) is 8.72. The number of aromatic nitrogens is 3. The summed E-state index contributed by atoms with van der Waals surface area (Å²) < 4.78 is 3.56. The Balaban J connectivity index is 1.36. The van der Waals surface area contributed by atoms with Crippen LogP contribution < -0.4 is 15.6 Å². The van der Waals surface area contributed by atoms with Gasteiger partial charge in [-0.2, -0.15) is 4.57 Å². The summed E-state index contributed by atoms with van der Waals surface area (Å²) in [6, 6.07) is 2.59. The zero-order chi connectivity index (χ0) is 27.8. The van der Waals surface area contributed by atoms with E-state index >= 15 is 0 Å². The molecule has 5 rings (SSSR count). The van der Waals surface area contributed by atoms with E-state index in [1.807, 2.05) is 0 Å². The summed E-state index contributed by atoms with van der Waals surface area (Å²) >= 11 is 2.49. The standard InChI is InChI=1S/C24H23N7O6S2/c1-3-37-28-17(15-11-39-24(25)26-15)20(33)27-18-21(34)31-19(23(35)36)13(10-38-22(18)31)8-29-6-7-30-14(9-29)4-5-16(30)12(2)32/h4-7,9,11,18,22H,3,8,10H2,1-2H3,(H3-,25,26,27,33,35,36)/p+1/b28-17-/t18-,22-/m1/s1. The lowest BCUT2D eigenvalue weighted by Crippen LogP contribution is -2.71. The third-order valence-electron chi connectivity index (χ3n) is 6.19. The number of Topliss-reactive ketones (excluding diaryl/α,β-unsaturated/α-hetero) is 1. The number of nitrogens with zero attached hydrogens (tertiary/aromatic N) is 5. The number of nitrogens with two attached hydrogens (primary N) is 1.